The Morgan fingerprint density at radius 2 is 2.10 bits per heavy atom. The lowest BCUT2D eigenvalue weighted by Crippen LogP contribution is -2.28. The molecule has 1 heterocycles. The van der Waals surface area contributed by atoms with Crippen LogP contribution in [0, 0.1) is 0 Å². The van der Waals surface area contributed by atoms with E-state index in [1.165, 1.54) is 23.1 Å². The maximum absolute atomic E-state index is 9.18. The highest BCUT2D eigenvalue weighted by Gasteiger charge is 2.27. The Kier molecular flexibility index (Phi) is 4.63. The third-order valence-corrected chi connectivity index (χ3v) is 4.25. The molecule has 0 saturated carbocycles. The summed E-state index contributed by atoms with van der Waals surface area (Å²) in [6, 6.07) is 13.3. The molecule has 0 saturated heterocycles. The Labute approximate surface area is 126 Å². The predicted octanol–water partition coefficient (Wildman–Crippen LogP) is 2.95. The van der Waals surface area contributed by atoms with Gasteiger partial charge in [-0.05, 0) is 42.0 Å². The number of fused-ring (bicyclic) bond motifs is 1. The number of aryl methyl sites for hydroxylation is 1. The lowest BCUT2D eigenvalue weighted by Gasteiger charge is -2.29. The van der Waals surface area contributed by atoms with Gasteiger partial charge in [-0.1, -0.05) is 30.3 Å². The molecule has 2 aromatic rings. The van der Waals surface area contributed by atoms with Crippen molar-refractivity contribution in [3.63, 3.8) is 0 Å². The van der Waals surface area contributed by atoms with Crippen molar-refractivity contribution in [1.29, 1.82) is 0 Å². The fourth-order valence-corrected chi connectivity index (χ4v) is 3.26. The van der Waals surface area contributed by atoms with Gasteiger partial charge >= 0.3 is 0 Å². The van der Waals surface area contributed by atoms with E-state index in [4.69, 9.17) is 0 Å². The van der Waals surface area contributed by atoms with Crippen LogP contribution in [0.4, 0.5) is 0 Å². The van der Waals surface area contributed by atoms with E-state index in [0.29, 0.717) is 6.04 Å². The topological polar surface area (TPSA) is 36.4 Å². The Bertz CT molecular complexity index is 570. The van der Waals surface area contributed by atoms with Crippen LogP contribution in [-0.2, 0) is 13.0 Å². The first-order valence-electron chi connectivity index (χ1n) is 7.70. The van der Waals surface area contributed by atoms with Crippen LogP contribution >= 0.6 is 0 Å². The van der Waals surface area contributed by atoms with Gasteiger partial charge in [0, 0.05) is 38.1 Å². The number of hydrogen-bond donors (Lipinski definition) is 1. The van der Waals surface area contributed by atoms with Crippen LogP contribution < -0.4 is 0 Å². The predicted molar refractivity (Wildman–Crippen MR) is 83.9 cm³/mol. The number of aromatic nitrogens is 1. The van der Waals surface area contributed by atoms with E-state index in [-0.39, 0.29) is 6.61 Å². The van der Waals surface area contributed by atoms with Gasteiger partial charge in [-0.25, -0.2) is 0 Å². The van der Waals surface area contributed by atoms with Crippen LogP contribution in [0.3, 0.4) is 0 Å². The minimum atomic E-state index is 0.248. The zero-order chi connectivity index (χ0) is 14.5. The van der Waals surface area contributed by atoms with Crippen molar-refractivity contribution in [3.05, 3.63) is 65.5 Å². The molecule has 0 fully saturated rings. The monoisotopic (exact) mass is 282 g/mol. The summed E-state index contributed by atoms with van der Waals surface area (Å²) in [6.07, 6.45) is 6.90. The Morgan fingerprint density at radius 1 is 1.19 bits per heavy atom. The average molecular weight is 282 g/mol. The van der Waals surface area contributed by atoms with E-state index in [1.54, 1.807) is 0 Å². The largest absolute Gasteiger partial charge is 0.396 e. The van der Waals surface area contributed by atoms with Crippen LogP contribution in [0.25, 0.3) is 0 Å². The third kappa shape index (κ3) is 3.31. The van der Waals surface area contributed by atoms with Crippen molar-refractivity contribution in [2.75, 3.05) is 13.2 Å². The minimum Gasteiger partial charge on any atom is -0.396 e. The van der Waals surface area contributed by atoms with Crippen molar-refractivity contribution < 1.29 is 5.11 Å². The van der Waals surface area contributed by atoms with E-state index < -0.39 is 0 Å². The molecule has 0 amide bonds. The molecule has 3 rings (SSSR count). The van der Waals surface area contributed by atoms with Crippen molar-refractivity contribution in [2.24, 2.45) is 0 Å². The SMILES string of the molecule is OCCCN(Cc1cccnc1)C1CCc2ccccc21. The minimum absolute atomic E-state index is 0.248. The number of rotatable bonds is 6. The second kappa shape index (κ2) is 6.83. The van der Waals surface area contributed by atoms with Gasteiger partial charge in [-0.3, -0.25) is 9.88 Å². The van der Waals surface area contributed by atoms with Crippen molar-refractivity contribution >= 4 is 0 Å². The molecule has 3 nitrogen and oxygen atoms in total. The number of hydrogen-bond acceptors (Lipinski definition) is 3. The summed E-state index contributed by atoms with van der Waals surface area (Å²) < 4.78 is 0. The lowest BCUT2D eigenvalue weighted by molar-refractivity contribution is 0.165. The first kappa shape index (κ1) is 14.2. The molecular formula is C18H22N2O. The van der Waals surface area contributed by atoms with Gasteiger partial charge in [0.2, 0.25) is 0 Å². The maximum Gasteiger partial charge on any atom is 0.0443 e. The number of nitrogens with zero attached hydrogens (tertiary/aromatic N) is 2. The normalized spacial score (nSPS) is 17.1. The Hall–Kier alpha value is -1.71. The van der Waals surface area contributed by atoms with Gasteiger partial charge in [0.15, 0.2) is 0 Å². The van der Waals surface area contributed by atoms with E-state index >= 15 is 0 Å². The van der Waals surface area contributed by atoms with Gasteiger partial charge < -0.3 is 5.11 Å². The molecule has 0 radical (unpaired) electrons. The van der Waals surface area contributed by atoms with E-state index in [1.807, 2.05) is 18.5 Å². The summed E-state index contributed by atoms with van der Waals surface area (Å²) in [6.45, 7) is 2.06. The standard InChI is InChI=1S/C18H22N2O/c21-12-4-11-20(14-15-5-3-10-19-13-15)18-9-8-16-6-1-2-7-17(16)18/h1-3,5-7,10,13,18,21H,4,8-9,11-12,14H2. The molecule has 1 atom stereocenters. The summed E-state index contributed by atoms with van der Waals surface area (Å²) in [5, 5.41) is 9.18. The summed E-state index contributed by atoms with van der Waals surface area (Å²) in [5.74, 6) is 0. The molecule has 110 valence electrons. The molecule has 1 aliphatic carbocycles. The number of aliphatic hydroxyl groups excluding tert-OH is 1. The maximum atomic E-state index is 9.18. The molecule has 1 N–H and O–H groups in total. The van der Waals surface area contributed by atoms with Gasteiger partial charge in [-0.2, -0.15) is 0 Å². The van der Waals surface area contributed by atoms with Crippen molar-refractivity contribution in [1.82, 2.24) is 9.88 Å². The zero-order valence-corrected chi connectivity index (χ0v) is 12.3. The van der Waals surface area contributed by atoms with Crippen LogP contribution in [0.2, 0.25) is 0 Å². The molecule has 1 aliphatic rings. The summed E-state index contributed by atoms with van der Waals surface area (Å²) in [5.41, 5.74) is 4.17. The average Bonchev–Trinajstić information content (AvgIpc) is 2.96. The molecule has 0 bridgehead atoms. The lowest BCUT2D eigenvalue weighted by atomic mass is 10.1. The fraction of sp³-hybridized carbons (Fsp3) is 0.389. The highest BCUT2D eigenvalue weighted by Crippen LogP contribution is 2.36. The molecule has 3 heteroatoms. The van der Waals surface area contributed by atoms with Gasteiger partial charge in [0.25, 0.3) is 0 Å². The summed E-state index contributed by atoms with van der Waals surface area (Å²) in [4.78, 5) is 6.70. The molecule has 1 unspecified atom stereocenters. The smallest absolute Gasteiger partial charge is 0.0443 e. The van der Waals surface area contributed by atoms with E-state index in [2.05, 4.69) is 40.2 Å². The first-order valence-corrected chi connectivity index (χ1v) is 7.70. The first-order chi connectivity index (χ1) is 10.4. The molecular weight excluding hydrogens is 260 g/mol. The van der Waals surface area contributed by atoms with Crippen molar-refractivity contribution in [3.8, 4) is 0 Å². The van der Waals surface area contributed by atoms with Crippen LogP contribution in [0.15, 0.2) is 48.8 Å². The molecule has 0 aliphatic heterocycles. The highest BCUT2D eigenvalue weighted by molar-refractivity contribution is 5.34. The third-order valence-electron chi connectivity index (χ3n) is 4.25. The summed E-state index contributed by atoms with van der Waals surface area (Å²) in [7, 11) is 0. The van der Waals surface area contributed by atoms with Crippen LogP contribution in [0.1, 0.15) is 35.6 Å². The quantitative estimate of drug-likeness (QED) is 0.885. The second-order valence-corrected chi connectivity index (χ2v) is 5.66. The van der Waals surface area contributed by atoms with Crippen LogP contribution in [0.5, 0.6) is 0 Å². The number of pyridine rings is 1. The summed E-state index contributed by atoms with van der Waals surface area (Å²) >= 11 is 0. The molecule has 1 aromatic heterocycles. The fourth-order valence-electron chi connectivity index (χ4n) is 3.26. The zero-order valence-electron chi connectivity index (χ0n) is 12.3. The van der Waals surface area contributed by atoms with Crippen LogP contribution in [-0.4, -0.2) is 28.1 Å². The van der Waals surface area contributed by atoms with Gasteiger partial charge in [-0.15, -0.1) is 0 Å². The van der Waals surface area contributed by atoms with E-state index in [9.17, 15) is 5.11 Å². The molecule has 1 aromatic carbocycles. The van der Waals surface area contributed by atoms with Crippen molar-refractivity contribution in [2.45, 2.75) is 31.8 Å². The highest BCUT2D eigenvalue weighted by atomic mass is 16.3. The Balaban J connectivity index is 1.80. The van der Waals surface area contributed by atoms with Gasteiger partial charge in [0.1, 0.15) is 0 Å². The second-order valence-electron chi connectivity index (χ2n) is 5.66. The van der Waals surface area contributed by atoms with E-state index in [0.717, 1.165) is 25.9 Å². The van der Waals surface area contributed by atoms with Gasteiger partial charge in [0.05, 0.1) is 0 Å². The molecule has 0 spiro atoms. The number of benzene rings is 1. The number of aliphatic hydroxyl groups is 1. The Morgan fingerprint density at radius 3 is 2.90 bits per heavy atom. The molecule has 21 heavy (non-hydrogen) atoms.